The predicted molar refractivity (Wildman–Crippen MR) is 136 cm³/mol. The molecule has 0 radical (unpaired) electrons. The number of nitrogens with zero attached hydrogens (tertiary/aromatic N) is 3. The molecule has 0 bridgehead atoms. The van der Waals surface area contributed by atoms with E-state index in [9.17, 15) is 4.79 Å². The maximum Gasteiger partial charge on any atom is 0.337 e. The van der Waals surface area contributed by atoms with Crippen LogP contribution in [0, 0.1) is 0 Å². The fourth-order valence-corrected chi connectivity index (χ4v) is 5.21. The van der Waals surface area contributed by atoms with Gasteiger partial charge >= 0.3 is 5.69 Å². The average Bonchev–Trinajstić information content (AvgIpc) is 3.63. The second-order valence-corrected chi connectivity index (χ2v) is 9.47. The van der Waals surface area contributed by atoms with Crippen molar-refractivity contribution in [1.29, 1.82) is 0 Å². The molecule has 1 unspecified atom stereocenters. The Kier molecular flexibility index (Phi) is 7.54. The Balaban J connectivity index is 1.18. The van der Waals surface area contributed by atoms with Crippen molar-refractivity contribution in [1.82, 2.24) is 14.0 Å². The maximum absolute atomic E-state index is 13.1. The van der Waals surface area contributed by atoms with Crippen LogP contribution in [0.15, 0.2) is 65.7 Å². The van der Waals surface area contributed by atoms with Crippen molar-refractivity contribution in [3.8, 4) is 22.9 Å². The summed E-state index contributed by atoms with van der Waals surface area (Å²) < 4.78 is 20.6. The zero-order valence-electron chi connectivity index (χ0n) is 20.5. The minimum absolute atomic E-state index is 0.110. The summed E-state index contributed by atoms with van der Waals surface area (Å²) in [7, 11) is 1.76. The van der Waals surface area contributed by atoms with Crippen LogP contribution in [-0.4, -0.2) is 59.6 Å². The first-order chi connectivity index (χ1) is 17.2. The average molecular weight is 478 g/mol. The largest absolute Gasteiger partial charge is 0.492 e. The van der Waals surface area contributed by atoms with Gasteiger partial charge in [0.25, 0.3) is 0 Å². The van der Waals surface area contributed by atoms with Crippen LogP contribution in [0.1, 0.15) is 38.5 Å². The highest BCUT2D eigenvalue weighted by molar-refractivity contribution is 5.40. The molecule has 2 fully saturated rings. The summed E-state index contributed by atoms with van der Waals surface area (Å²) in [5, 5.41) is 0. The number of ether oxygens (including phenoxy) is 3. The fraction of sp³-hybridized carbons (Fsp3) is 0.464. The van der Waals surface area contributed by atoms with Gasteiger partial charge in [-0.05, 0) is 93.6 Å². The number of methoxy groups -OCH3 is 1. The molecule has 1 atom stereocenters. The molecule has 5 rings (SSSR count). The minimum Gasteiger partial charge on any atom is -0.492 e. The standard InChI is InChI=1S/C28H35N3O4/c1-33-21-24-5-4-16-29(24)19-20-34-25-12-8-22(9-13-25)30-17-18-31(28(30)32)23-10-14-27(15-11-23)35-26-6-2-3-7-26/h8-15,17-18,24,26H,2-7,16,19-21H2,1H3. The number of likely N-dealkylation sites (tertiary alicyclic amines) is 1. The van der Waals surface area contributed by atoms with Crippen LogP contribution in [0.3, 0.4) is 0 Å². The summed E-state index contributed by atoms with van der Waals surface area (Å²) >= 11 is 0. The van der Waals surface area contributed by atoms with E-state index in [1.807, 2.05) is 48.5 Å². The summed E-state index contributed by atoms with van der Waals surface area (Å²) in [5.41, 5.74) is 1.52. The quantitative estimate of drug-likeness (QED) is 0.432. The highest BCUT2D eigenvalue weighted by Crippen LogP contribution is 2.25. The molecule has 3 aromatic rings. The van der Waals surface area contributed by atoms with Gasteiger partial charge in [0.15, 0.2) is 0 Å². The SMILES string of the molecule is COCC1CCCN1CCOc1ccc(-n2ccn(-c3ccc(OC4CCCC4)cc3)c2=O)cc1. The molecule has 2 aromatic carbocycles. The molecule has 1 saturated carbocycles. The Bertz CT molecular complexity index is 1130. The first-order valence-electron chi connectivity index (χ1n) is 12.7. The first-order valence-corrected chi connectivity index (χ1v) is 12.7. The molecule has 186 valence electrons. The van der Waals surface area contributed by atoms with Crippen molar-refractivity contribution in [2.75, 3.05) is 33.4 Å². The van der Waals surface area contributed by atoms with Crippen molar-refractivity contribution >= 4 is 0 Å². The third-order valence-corrected chi connectivity index (χ3v) is 7.12. The summed E-state index contributed by atoms with van der Waals surface area (Å²) in [4.78, 5) is 15.5. The lowest BCUT2D eigenvalue weighted by Gasteiger charge is -2.23. The van der Waals surface area contributed by atoms with E-state index in [-0.39, 0.29) is 5.69 Å². The topological polar surface area (TPSA) is 57.9 Å². The van der Waals surface area contributed by atoms with E-state index < -0.39 is 0 Å². The van der Waals surface area contributed by atoms with E-state index in [2.05, 4.69) is 4.90 Å². The van der Waals surface area contributed by atoms with Gasteiger partial charge in [-0.3, -0.25) is 14.0 Å². The van der Waals surface area contributed by atoms with Gasteiger partial charge in [0, 0.05) is 32.1 Å². The van der Waals surface area contributed by atoms with E-state index in [0.717, 1.165) is 55.4 Å². The molecule has 2 heterocycles. The van der Waals surface area contributed by atoms with Gasteiger partial charge in [-0.25, -0.2) is 4.79 Å². The van der Waals surface area contributed by atoms with Crippen LogP contribution >= 0.6 is 0 Å². The molecule has 0 amide bonds. The first kappa shape index (κ1) is 23.7. The second-order valence-electron chi connectivity index (χ2n) is 9.47. The zero-order chi connectivity index (χ0) is 24.0. The molecular formula is C28H35N3O4. The Hall–Kier alpha value is -3.03. The lowest BCUT2D eigenvalue weighted by Crippen LogP contribution is -2.35. The van der Waals surface area contributed by atoms with Gasteiger partial charge in [0.05, 0.1) is 24.1 Å². The van der Waals surface area contributed by atoms with Crippen LogP contribution in [0.2, 0.25) is 0 Å². The molecular weight excluding hydrogens is 442 g/mol. The van der Waals surface area contributed by atoms with Crippen LogP contribution < -0.4 is 15.2 Å². The molecule has 1 aliphatic carbocycles. The second kappa shape index (κ2) is 11.1. The van der Waals surface area contributed by atoms with Crippen molar-refractivity contribution in [2.24, 2.45) is 0 Å². The third-order valence-electron chi connectivity index (χ3n) is 7.12. The molecule has 7 heteroatoms. The van der Waals surface area contributed by atoms with E-state index in [0.29, 0.717) is 18.8 Å². The van der Waals surface area contributed by atoms with Crippen molar-refractivity contribution < 1.29 is 14.2 Å². The van der Waals surface area contributed by atoms with Crippen molar-refractivity contribution in [3.63, 3.8) is 0 Å². The van der Waals surface area contributed by atoms with Crippen molar-refractivity contribution in [3.05, 3.63) is 71.4 Å². The number of aromatic nitrogens is 2. The van der Waals surface area contributed by atoms with E-state index >= 15 is 0 Å². The normalized spacial score (nSPS) is 18.8. The number of hydrogen-bond acceptors (Lipinski definition) is 5. The van der Waals surface area contributed by atoms with Gasteiger partial charge in [-0.1, -0.05) is 0 Å². The Labute approximate surface area is 206 Å². The van der Waals surface area contributed by atoms with Crippen LogP contribution in [0.4, 0.5) is 0 Å². The Morgan fingerprint density at radius 2 is 1.46 bits per heavy atom. The lowest BCUT2D eigenvalue weighted by atomic mass is 10.2. The van der Waals surface area contributed by atoms with E-state index in [1.54, 1.807) is 28.6 Å². The summed E-state index contributed by atoms with van der Waals surface area (Å²) in [6.45, 7) is 3.41. The lowest BCUT2D eigenvalue weighted by molar-refractivity contribution is 0.105. The molecule has 1 aromatic heterocycles. The highest BCUT2D eigenvalue weighted by atomic mass is 16.5. The minimum atomic E-state index is -0.110. The van der Waals surface area contributed by atoms with Crippen LogP contribution in [0.5, 0.6) is 11.5 Å². The maximum atomic E-state index is 13.1. The van der Waals surface area contributed by atoms with Crippen molar-refractivity contribution in [2.45, 2.75) is 50.7 Å². The summed E-state index contributed by atoms with van der Waals surface area (Å²) in [6, 6.07) is 15.9. The number of imidazole rings is 1. The van der Waals surface area contributed by atoms with Gasteiger partial charge in [-0.15, -0.1) is 0 Å². The summed E-state index contributed by atoms with van der Waals surface area (Å²) in [5.74, 6) is 1.67. The third kappa shape index (κ3) is 5.63. The van der Waals surface area contributed by atoms with Crippen LogP contribution in [-0.2, 0) is 4.74 Å². The highest BCUT2D eigenvalue weighted by Gasteiger charge is 2.23. The van der Waals surface area contributed by atoms with E-state index in [1.165, 1.54) is 25.7 Å². The molecule has 35 heavy (non-hydrogen) atoms. The Morgan fingerprint density at radius 3 is 2.09 bits per heavy atom. The predicted octanol–water partition coefficient (Wildman–Crippen LogP) is 4.44. The summed E-state index contributed by atoms with van der Waals surface area (Å²) in [6.07, 6.45) is 11.1. The zero-order valence-corrected chi connectivity index (χ0v) is 20.5. The smallest absolute Gasteiger partial charge is 0.337 e. The molecule has 0 N–H and O–H groups in total. The van der Waals surface area contributed by atoms with Gasteiger partial charge in [0.1, 0.15) is 18.1 Å². The Morgan fingerprint density at radius 1 is 0.829 bits per heavy atom. The van der Waals surface area contributed by atoms with E-state index in [4.69, 9.17) is 14.2 Å². The molecule has 2 aliphatic rings. The fourth-order valence-electron chi connectivity index (χ4n) is 5.21. The van der Waals surface area contributed by atoms with Gasteiger partial charge in [0.2, 0.25) is 0 Å². The number of rotatable bonds is 10. The number of benzene rings is 2. The molecule has 7 nitrogen and oxygen atoms in total. The molecule has 0 spiro atoms. The monoisotopic (exact) mass is 477 g/mol. The van der Waals surface area contributed by atoms with Crippen LogP contribution in [0.25, 0.3) is 11.4 Å². The number of hydrogen-bond donors (Lipinski definition) is 0. The van der Waals surface area contributed by atoms with Gasteiger partial charge in [-0.2, -0.15) is 0 Å². The van der Waals surface area contributed by atoms with Gasteiger partial charge < -0.3 is 14.2 Å². The molecule has 1 aliphatic heterocycles. The molecule has 1 saturated heterocycles.